The van der Waals surface area contributed by atoms with Crippen molar-refractivity contribution >= 4 is 11.3 Å². The molecule has 2 heterocycles. The third-order valence-electron chi connectivity index (χ3n) is 2.49. The summed E-state index contributed by atoms with van der Waals surface area (Å²) in [6.45, 7) is 4.99. The zero-order chi connectivity index (χ0) is 10.8. The first kappa shape index (κ1) is 10.4. The van der Waals surface area contributed by atoms with Crippen LogP contribution in [0.3, 0.4) is 0 Å². The van der Waals surface area contributed by atoms with Gasteiger partial charge in [-0.25, -0.2) is 4.98 Å². The van der Waals surface area contributed by atoms with Gasteiger partial charge in [0.05, 0.1) is 18.6 Å². The number of thiophene rings is 1. The molecule has 1 unspecified atom stereocenters. The van der Waals surface area contributed by atoms with Crippen LogP contribution in [0.4, 0.5) is 0 Å². The van der Waals surface area contributed by atoms with Gasteiger partial charge in [-0.3, -0.25) is 0 Å². The smallest absolute Gasteiger partial charge is 0.0952 e. The summed E-state index contributed by atoms with van der Waals surface area (Å²) in [5.74, 6) is 0. The summed E-state index contributed by atoms with van der Waals surface area (Å²) in [4.78, 5) is 5.51. The summed E-state index contributed by atoms with van der Waals surface area (Å²) in [5.41, 5.74) is 8.29. The minimum absolute atomic E-state index is 0.0350. The molecule has 0 saturated heterocycles. The number of nitrogens with two attached hydrogens (primary N) is 1. The summed E-state index contributed by atoms with van der Waals surface area (Å²) in [6.07, 6.45) is 3.69. The van der Waals surface area contributed by atoms with Crippen molar-refractivity contribution in [2.24, 2.45) is 5.73 Å². The standard InChI is InChI=1S/C11H15N3S/c1-8-3-4-15-11(8)6-14-7-13-5-10(14)9(2)12/h3-5,7,9H,6,12H2,1-2H3. The molecule has 1 atom stereocenters. The van der Waals surface area contributed by atoms with Gasteiger partial charge in [0.1, 0.15) is 0 Å². The molecule has 0 bridgehead atoms. The van der Waals surface area contributed by atoms with Crippen LogP contribution in [0, 0.1) is 6.92 Å². The van der Waals surface area contributed by atoms with Crippen LogP contribution in [0.25, 0.3) is 0 Å². The first-order chi connectivity index (χ1) is 7.18. The highest BCUT2D eigenvalue weighted by molar-refractivity contribution is 7.10. The third-order valence-corrected chi connectivity index (χ3v) is 3.50. The number of hydrogen-bond acceptors (Lipinski definition) is 3. The average Bonchev–Trinajstić information content (AvgIpc) is 2.77. The van der Waals surface area contributed by atoms with E-state index < -0.39 is 0 Å². The highest BCUT2D eigenvalue weighted by atomic mass is 32.1. The number of aryl methyl sites for hydroxylation is 1. The van der Waals surface area contributed by atoms with E-state index in [1.165, 1.54) is 10.4 Å². The lowest BCUT2D eigenvalue weighted by Gasteiger charge is -2.10. The second kappa shape index (κ2) is 4.16. The molecule has 2 rings (SSSR count). The van der Waals surface area contributed by atoms with Crippen molar-refractivity contribution in [2.45, 2.75) is 26.4 Å². The van der Waals surface area contributed by atoms with Crippen molar-refractivity contribution in [2.75, 3.05) is 0 Å². The molecule has 4 heteroatoms. The molecular weight excluding hydrogens is 206 g/mol. The Morgan fingerprint density at radius 3 is 3.00 bits per heavy atom. The first-order valence-corrected chi connectivity index (χ1v) is 5.85. The van der Waals surface area contributed by atoms with Crippen LogP contribution in [-0.4, -0.2) is 9.55 Å². The van der Waals surface area contributed by atoms with Crippen molar-refractivity contribution < 1.29 is 0 Å². The Morgan fingerprint density at radius 1 is 1.60 bits per heavy atom. The van der Waals surface area contributed by atoms with E-state index in [1.807, 2.05) is 19.4 Å². The van der Waals surface area contributed by atoms with Crippen LogP contribution in [0.5, 0.6) is 0 Å². The molecule has 0 radical (unpaired) electrons. The molecule has 2 N–H and O–H groups in total. The Balaban J connectivity index is 2.25. The largest absolute Gasteiger partial charge is 0.328 e. The number of aromatic nitrogens is 2. The summed E-state index contributed by atoms with van der Waals surface area (Å²) in [5, 5.41) is 2.12. The lowest BCUT2D eigenvalue weighted by Crippen LogP contribution is -2.12. The van der Waals surface area contributed by atoms with Gasteiger partial charge in [0.25, 0.3) is 0 Å². The molecule has 0 spiro atoms. The van der Waals surface area contributed by atoms with Crippen molar-refractivity contribution in [3.05, 3.63) is 40.1 Å². The van der Waals surface area contributed by atoms with Gasteiger partial charge in [-0.1, -0.05) is 0 Å². The van der Waals surface area contributed by atoms with Crippen LogP contribution < -0.4 is 5.73 Å². The molecule has 15 heavy (non-hydrogen) atoms. The zero-order valence-electron chi connectivity index (χ0n) is 8.97. The van der Waals surface area contributed by atoms with Crippen LogP contribution in [0.15, 0.2) is 24.0 Å². The van der Waals surface area contributed by atoms with E-state index in [0.717, 1.165) is 12.2 Å². The molecule has 0 amide bonds. The Bertz CT molecular complexity index is 442. The monoisotopic (exact) mass is 221 g/mol. The highest BCUT2D eigenvalue weighted by Crippen LogP contribution is 2.19. The fraction of sp³-hybridized carbons (Fsp3) is 0.364. The molecule has 2 aromatic rings. The van der Waals surface area contributed by atoms with Crippen LogP contribution >= 0.6 is 11.3 Å². The topological polar surface area (TPSA) is 43.8 Å². The molecule has 0 saturated carbocycles. The number of hydrogen-bond donors (Lipinski definition) is 1. The van der Waals surface area contributed by atoms with Crippen molar-refractivity contribution in [1.82, 2.24) is 9.55 Å². The molecule has 2 aromatic heterocycles. The van der Waals surface area contributed by atoms with E-state index in [0.29, 0.717) is 0 Å². The maximum atomic E-state index is 5.87. The van der Waals surface area contributed by atoms with Gasteiger partial charge in [0.15, 0.2) is 0 Å². The van der Waals surface area contributed by atoms with E-state index in [9.17, 15) is 0 Å². The first-order valence-electron chi connectivity index (χ1n) is 4.97. The molecule has 0 aliphatic rings. The van der Waals surface area contributed by atoms with E-state index in [2.05, 4.69) is 27.9 Å². The number of rotatable bonds is 3. The van der Waals surface area contributed by atoms with Gasteiger partial charge in [-0.15, -0.1) is 11.3 Å². The minimum Gasteiger partial charge on any atom is -0.328 e. The number of imidazole rings is 1. The normalized spacial score (nSPS) is 13.0. The highest BCUT2D eigenvalue weighted by Gasteiger charge is 2.08. The summed E-state index contributed by atoms with van der Waals surface area (Å²) >= 11 is 1.78. The van der Waals surface area contributed by atoms with Crippen molar-refractivity contribution in [3.8, 4) is 0 Å². The second-order valence-electron chi connectivity index (χ2n) is 3.76. The zero-order valence-corrected chi connectivity index (χ0v) is 9.79. The van der Waals surface area contributed by atoms with Crippen molar-refractivity contribution in [3.63, 3.8) is 0 Å². The molecule has 0 aliphatic carbocycles. The summed E-state index contributed by atoms with van der Waals surface area (Å²) in [7, 11) is 0. The maximum Gasteiger partial charge on any atom is 0.0952 e. The fourth-order valence-corrected chi connectivity index (χ4v) is 2.47. The lowest BCUT2D eigenvalue weighted by atomic mass is 10.2. The Labute approximate surface area is 93.6 Å². The summed E-state index contributed by atoms with van der Waals surface area (Å²) in [6, 6.07) is 2.18. The lowest BCUT2D eigenvalue weighted by molar-refractivity contribution is 0.678. The Morgan fingerprint density at radius 2 is 2.40 bits per heavy atom. The quantitative estimate of drug-likeness (QED) is 0.864. The Kier molecular flexibility index (Phi) is 2.88. The van der Waals surface area contributed by atoms with Gasteiger partial charge in [-0.05, 0) is 30.9 Å². The molecule has 0 aliphatic heterocycles. The predicted molar refractivity (Wildman–Crippen MR) is 63.0 cm³/mol. The van der Waals surface area contributed by atoms with Gasteiger partial charge in [0.2, 0.25) is 0 Å². The minimum atomic E-state index is 0.0350. The van der Waals surface area contributed by atoms with Gasteiger partial charge in [0, 0.05) is 17.1 Å². The SMILES string of the molecule is Cc1ccsc1Cn1cncc1C(C)N. The van der Waals surface area contributed by atoms with Gasteiger partial charge in [-0.2, -0.15) is 0 Å². The van der Waals surface area contributed by atoms with E-state index in [1.54, 1.807) is 11.3 Å². The second-order valence-corrected chi connectivity index (χ2v) is 4.76. The molecular formula is C11H15N3S. The Hall–Kier alpha value is -1.13. The van der Waals surface area contributed by atoms with Crippen LogP contribution in [0.1, 0.15) is 29.1 Å². The molecule has 3 nitrogen and oxygen atoms in total. The molecule has 0 fully saturated rings. The van der Waals surface area contributed by atoms with Crippen molar-refractivity contribution in [1.29, 1.82) is 0 Å². The number of nitrogens with zero attached hydrogens (tertiary/aromatic N) is 2. The van der Waals surface area contributed by atoms with E-state index in [4.69, 9.17) is 5.73 Å². The summed E-state index contributed by atoms with van der Waals surface area (Å²) < 4.78 is 2.11. The van der Waals surface area contributed by atoms with Crippen LogP contribution in [-0.2, 0) is 6.54 Å². The predicted octanol–water partition coefficient (Wildman–Crippen LogP) is 2.32. The van der Waals surface area contributed by atoms with E-state index >= 15 is 0 Å². The molecule has 80 valence electrons. The van der Waals surface area contributed by atoms with Gasteiger partial charge >= 0.3 is 0 Å². The van der Waals surface area contributed by atoms with Gasteiger partial charge < -0.3 is 10.3 Å². The fourth-order valence-electron chi connectivity index (χ4n) is 1.56. The van der Waals surface area contributed by atoms with E-state index in [-0.39, 0.29) is 6.04 Å². The third kappa shape index (κ3) is 2.11. The average molecular weight is 221 g/mol. The molecule has 0 aromatic carbocycles. The van der Waals surface area contributed by atoms with Crippen LogP contribution in [0.2, 0.25) is 0 Å². The maximum absolute atomic E-state index is 5.87.